The van der Waals surface area contributed by atoms with E-state index in [1.165, 1.54) is 16.7 Å². The van der Waals surface area contributed by atoms with Crippen LogP contribution in [-0.4, -0.2) is 23.5 Å². The number of aromatic nitrogens is 1. The molecular formula is C25H27N3O2. The van der Waals surface area contributed by atoms with Crippen LogP contribution in [0.15, 0.2) is 66.9 Å². The molecule has 1 aliphatic heterocycles. The summed E-state index contributed by atoms with van der Waals surface area (Å²) < 4.78 is 5.94. The molecule has 1 aromatic heterocycles. The number of ether oxygens (including phenoxy) is 1. The van der Waals surface area contributed by atoms with Gasteiger partial charge in [-0.05, 0) is 41.2 Å². The Morgan fingerprint density at radius 2 is 1.97 bits per heavy atom. The second-order valence-corrected chi connectivity index (χ2v) is 7.68. The summed E-state index contributed by atoms with van der Waals surface area (Å²) in [4.78, 5) is 15.7. The molecule has 1 saturated heterocycles. The maximum atomic E-state index is 11.2. The molecule has 1 unspecified atom stereocenters. The monoisotopic (exact) mass is 401 g/mol. The van der Waals surface area contributed by atoms with Gasteiger partial charge >= 0.3 is 0 Å². The van der Waals surface area contributed by atoms with E-state index in [1.54, 1.807) is 0 Å². The molecule has 1 amide bonds. The van der Waals surface area contributed by atoms with E-state index < -0.39 is 0 Å². The van der Waals surface area contributed by atoms with Crippen LogP contribution in [-0.2, 0) is 17.9 Å². The molecule has 5 heteroatoms. The highest BCUT2D eigenvalue weighted by Gasteiger charge is 2.19. The zero-order chi connectivity index (χ0) is 20.8. The largest absolute Gasteiger partial charge is 0.473 e. The number of carbonyl (C=O) groups is 1. The van der Waals surface area contributed by atoms with Gasteiger partial charge in [-0.25, -0.2) is 4.98 Å². The molecule has 1 aliphatic rings. The summed E-state index contributed by atoms with van der Waals surface area (Å²) in [6.07, 6.45) is 3.37. The first kappa shape index (κ1) is 20.1. The number of benzene rings is 2. The van der Waals surface area contributed by atoms with Gasteiger partial charge in [0, 0.05) is 37.8 Å². The lowest BCUT2D eigenvalue weighted by Crippen LogP contribution is -2.35. The minimum atomic E-state index is 0.148. The molecule has 0 saturated carbocycles. The minimum Gasteiger partial charge on any atom is -0.473 e. The van der Waals surface area contributed by atoms with Gasteiger partial charge < -0.3 is 15.4 Å². The lowest BCUT2D eigenvalue weighted by molar-refractivity contribution is -0.119. The topological polar surface area (TPSA) is 63.2 Å². The Hall–Kier alpha value is -3.18. The zero-order valence-corrected chi connectivity index (χ0v) is 17.2. The van der Waals surface area contributed by atoms with E-state index in [2.05, 4.69) is 65.0 Å². The number of hydrogen-bond donors (Lipinski definition) is 2. The fraction of sp³-hybridized carbons (Fsp3) is 0.280. The number of carbonyl (C=O) groups excluding carboxylic acids is 1. The van der Waals surface area contributed by atoms with Crippen molar-refractivity contribution in [2.75, 3.05) is 6.54 Å². The Balaban J connectivity index is 1.30. The smallest absolute Gasteiger partial charge is 0.220 e. The molecule has 2 heterocycles. The van der Waals surface area contributed by atoms with Crippen molar-refractivity contribution in [3.05, 3.63) is 83.6 Å². The van der Waals surface area contributed by atoms with E-state index >= 15 is 0 Å². The number of amides is 1. The van der Waals surface area contributed by atoms with E-state index in [4.69, 9.17) is 4.74 Å². The van der Waals surface area contributed by atoms with Crippen molar-refractivity contribution < 1.29 is 9.53 Å². The molecule has 0 bridgehead atoms. The third-order valence-corrected chi connectivity index (χ3v) is 5.51. The first-order valence-electron chi connectivity index (χ1n) is 10.4. The van der Waals surface area contributed by atoms with Crippen LogP contribution in [0.2, 0.25) is 0 Å². The van der Waals surface area contributed by atoms with Crippen LogP contribution in [0.1, 0.15) is 29.5 Å². The van der Waals surface area contributed by atoms with Gasteiger partial charge in [-0.15, -0.1) is 0 Å². The van der Waals surface area contributed by atoms with Gasteiger partial charge in [0.05, 0.1) is 0 Å². The highest BCUT2D eigenvalue weighted by molar-refractivity contribution is 5.78. The van der Waals surface area contributed by atoms with Gasteiger partial charge in [-0.2, -0.15) is 0 Å². The SMILES string of the molecule is Cc1c(COc2ccc(CNCC3CCC(=O)N3)cn2)cccc1-c1ccccc1. The molecule has 154 valence electrons. The minimum absolute atomic E-state index is 0.148. The van der Waals surface area contributed by atoms with E-state index in [1.807, 2.05) is 24.4 Å². The van der Waals surface area contributed by atoms with Crippen molar-refractivity contribution in [2.45, 2.75) is 39.0 Å². The molecule has 1 atom stereocenters. The number of rotatable bonds is 8. The summed E-state index contributed by atoms with van der Waals surface area (Å²) in [5.41, 5.74) is 5.91. The van der Waals surface area contributed by atoms with E-state index in [0.29, 0.717) is 18.9 Å². The van der Waals surface area contributed by atoms with Crippen molar-refractivity contribution in [3.8, 4) is 17.0 Å². The lowest BCUT2D eigenvalue weighted by atomic mass is 9.97. The van der Waals surface area contributed by atoms with Crippen LogP contribution in [0, 0.1) is 6.92 Å². The maximum Gasteiger partial charge on any atom is 0.220 e. The average molecular weight is 402 g/mol. The summed E-state index contributed by atoms with van der Waals surface area (Å²) in [6.45, 7) is 4.12. The summed E-state index contributed by atoms with van der Waals surface area (Å²) in [6, 6.07) is 20.9. The van der Waals surface area contributed by atoms with Crippen molar-refractivity contribution in [1.29, 1.82) is 0 Å². The Morgan fingerprint density at radius 3 is 2.70 bits per heavy atom. The zero-order valence-electron chi connectivity index (χ0n) is 17.2. The highest BCUT2D eigenvalue weighted by atomic mass is 16.5. The van der Waals surface area contributed by atoms with E-state index in [9.17, 15) is 4.79 Å². The number of hydrogen-bond acceptors (Lipinski definition) is 4. The summed E-state index contributed by atoms with van der Waals surface area (Å²) >= 11 is 0. The van der Waals surface area contributed by atoms with Crippen LogP contribution in [0.3, 0.4) is 0 Å². The fourth-order valence-corrected chi connectivity index (χ4v) is 3.74. The Labute approximate surface area is 177 Å². The van der Waals surface area contributed by atoms with Gasteiger partial charge in [0.15, 0.2) is 0 Å². The molecule has 1 fully saturated rings. The van der Waals surface area contributed by atoms with Gasteiger partial charge in [-0.1, -0.05) is 54.6 Å². The fourth-order valence-electron chi connectivity index (χ4n) is 3.74. The molecule has 2 aromatic carbocycles. The third-order valence-electron chi connectivity index (χ3n) is 5.51. The van der Waals surface area contributed by atoms with Crippen LogP contribution in [0.25, 0.3) is 11.1 Å². The molecular weight excluding hydrogens is 374 g/mol. The summed E-state index contributed by atoms with van der Waals surface area (Å²) in [5, 5.41) is 6.34. The second-order valence-electron chi connectivity index (χ2n) is 7.68. The van der Waals surface area contributed by atoms with Gasteiger partial charge in [0.1, 0.15) is 6.61 Å². The van der Waals surface area contributed by atoms with Crippen molar-refractivity contribution >= 4 is 5.91 Å². The molecule has 5 nitrogen and oxygen atoms in total. The molecule has 0 radical (unpaired) electrons. The normalized spacial score (nSPS) is 15.8. The Kier molecular flexibility index (Phi) is 6.40. The van der Waals surface area contributed by atoms with Crippen molar-refractivity contribution in [3.63, 3.8) is 0 Å². The Bertz CT molecular complexity index is 987. The van der Waals surface area contributed by atoms with E-state index in [0.717, 1.165) is 30.6 Å². The number of nitrogens with zero attached hydrogens (tertiary/aromatic N) is 1. The van der Waals surface area contributed by atoms with Crippen LogP contribution in [0.4, 0.5) is 0 Å². The first-order valence-corrected chi connectivity index (χ1v) is 10.4. The third kappa shape index (κ3) is 5.05. The summed E-state index contributed by atoms with van der Waals surface area (Å²) in [7, 11) is 0. The average Bonchev–Trinajstić information content (AvgIpc) is 3.19. The Morgan fingerprint density at radius 1 is 1.10 bits per heavy atom. The molecule has 2 N–H and O–H groups in total. The molecule has 0 aliphatic carbocycles. The first-order chi connectivity index (χ1) is 14.7. The standard InChI is InChI=1S/C25H27N3O2/c1-18-21(8-5-9-23(18)20-6-3-2-4-7-20)17-30-25-13-10-19(15-27-25)14-26-16-22-11-12-24(29)28-22/h2-10,13,15,22,26H,11-12,14,16-17H2,1H3,(H,28,29). The van der Waals surface area contributed by atoms with E-state index in [-0.39, 0.29) is 11.9 Å². The molecule has 0 spiro atoms. The molecule has 30 heavy (non-hydrogen) atoms. The molecule has 4 rings (SSSR count). The van der Waals surface area contributed by atoms with Gasteiger partial charge in [0.2, 0.25) is 11.8 Å². The second kappa shape index (κ2) is 9.55. The van der Waals surface area contributed by atoms with Crippen LogP contribution < -0.4 is 15.4 Å². The highest BCUT2D eigenvalue weighted by Crippen LogP contribution is 2.26. The predicted molar refractivity (Wildman–Crippen MR) is 118 cm³/mol. The number of nitrogens with one attached hydrogen (secondary N) is 2. The van der Waals surface area contributed by atoms with Gasteiger partial charge in [-0.3, -0.25) is 4.79 Å². The summed E-state index contributed by atoms with van der Waals surface area (Å²) in [5.74, 6) is 0.765. The van der Waals surface area contributed by atoms with Crippen molar-refractivity contribution in [1.82, 2.24) is 15.6 Å². The van der Waals surface area contributed by atoms with Crippen LogP contribution in [0.5, 0.6) is 5.88 Å². The lowest BCUT2D eigenvalue weighted by Gasteiger charge is -2.13. The van der Waals surface area contributed by atoms with Crippen LogP contribution >= 0.6 is 0 Å². The van der Waals surface area contributed by atoms with Crippen molar-refractivity contribution in [2.24, 2.45) is 0 Å². The quantitative estimate of drug-likeness (QED) is 0.599. The predicted octanol–water partition coefficient (Wildman–Crippen LogP) is 4.00. The molecule has 3 aromatic rings. The number of pyridine rings is 1. The maximum absolute atomic E-state index is 11.2. The van der Waals surface area contributed by atoms with Gasteiger partial charge in [0.25, 0.3) is 0 Å².